The third-order valence-electron chi connectivity index (χ3n) is 7.09. The third kappa shape index (κ3) is 6.76. The molecule has 3 heterocycles. The molecule has 0 fully saturated rings. The monoisotopic (exact) mass is 644 g/mol. The van der Waals surface area contributed by atoms with Gasteiger partial charge in [0.25, 0.3) is 11.8 Å². The van der Waals surface area contributed by atoms with Crippen LogP contribution in [0.25, 0.3) is 5.69 Å². The van der Waals surface area contributed by atoms with Gasteiger partial charge >= 0.3 is 0 Å². The minimum absolute atomic E-state index is 0.0193. The van der Waals surface area contributed by atoms with Crippen molar-refractivity contribution in [3.05, 3.63) is 125 Å². The van der Waals surface area contributed by atoms with Crippen LogP contribution in [0.2, 0.25) is 5.02 Å². The first kappa shape index (κ1) is 30.1. The predicted octanol–water partition coefficient (Wildman–Crippen LogP) is 6.06. The normalized spacial score (nSPS) is 14.3. The summed E-state index contributed by atoms with van der Waals surface area (Å²) in [5.74, 6) is 0.243. The van der Waals surface area contributed by atoms with E-state index in [1.165, 1.54) is 35.2 Å². The maximum absolute atomic E-state index is 13.8. The van der Waals surface area contributed by atoms with Gasteiger partial charge in [-0.25, -0.2) is 9.40 Å². The number of hydrogen-bond donors (Lipinski definition) is 1. The molecule has 13 heteroatoms. The van der Waals surface area contributed by atoms with Gasteiger partial charge in [0.15, 0.2) is 16.7 Å². The van der Waals surface area contributed by atoms with Crippen LogP contribution in [0.15, 0.2) is 106 Å². The maximum atomic E-state index is 13.8. The molecule has 0 radical (unpaired) electrons. The van der Waals surface area contributed by atoms with Crippen LogP contribution >= 0.6 is 23.4 Å². The number of carbonyl (C=O) groups excluding carboxylic acids is 2. The fourth-order valence-electron chi connectivity index (χ4n) is 4.87. The van der Waals surface area contributed by atoms with Gasteiger partial charge in [-0.05, 0) is 77.9 Å². The molecule has 0 aliphatic carbocycles. The van der Waals surface area contributed by atoms with Crippen molar-refractivity contribution in [2.24, 2.45) is 5.10 Å². The number of nitrogens with zero attached hydrogens (tertiary/aromatic N) is 5. The molecular formula is C32H26ClFN6O4S. The second-order valence-corrected chi connectivity index (χ2v) is 11.3. The molecule has 45 heavy (non-hydrogen) atoms. The number of benzene rings is 3. The van der Waals surface area contributed by atoms with Gasteiger partial charge < -0.3 is 14.5 Å². The number of thioether (sulfide) groups is 1. The van der Waals surface area contributed by atoms with E-state index < -0.39 is 11.9 Å². The molecule has 1 unspecified atom stereocenters. The Balaban J connectivity index is 1.25. The van der Waals surface area contributed by atoms with Crippen LogP contribution < -0.4 is 10.1 Å². The van der Waals surface area contributed by atoms with Gasteiger partial charge in [-0.2, -0.15) is 5.10 Å². The summed E-state index contributed by atoms with van der Waals surface area (Å²) in [5, 5.41) is 18.5. The fraction of sp³-hybridized carbons (Fsp3) is 0.156. The lowest BCUT2D eigenvalue weighted by molar-refractivity contribution is -0.130. The number of carbonyl (C=O) groups is 2. The largest absolute Gasteiger partial charge is 0.497 e. The van der Waals surface area contributed by atoms with Gasteiger partial charge in [-0.3, -0.25) is 14.2 Å². The molecule has 1 N–H and O–H groups in total. The van der Waals surface area contributed by atoms with Gasteiger partial charge in [-0.15, -0.1) is 10.2 Å². The third-order valence-corrected chi connectivity index (χ3v) is 8.24. The van der Waals surface area contributed by atoms with Crippen molar-refractivity contribution in [1.82, 2.24) is 25.1 Å². The number of rotatable bonds is 10. The van der Waals surface area contributed by atoms with Crippen molar-refractivity contribution in [1.29, 1.82) is 0 Å². The first-order chi connectivity index (χ1) is 21.9. The highest BCUT2D eigenvalue weighted by Crippen LogP contribution is 2.34. The van der Waals surface area contributed by atoms with Gasteiger partial charge in [-0.1, -0.05) is 41.6 Å². The highest BCUT2D eigenvalue weighted by atomic mass is 35.5. The van der Waals surface area contributed by atoms with Crippen LogP contribution in [-0.4, -0.2) is 50.2 Å². The van der Waals surface area contributed by atoms with Crippen molar-refractivity contribution in [3.8, 4) is 11.4 Å². The van der Waals surface area contributed by atoms with E-state index in [0.717, 1.165) is 16.8 Å². The molecule has 1 aliphatic heterocycles. The molecule has 3 aromatic carbocycles. The Morgan fingerprint density at radius 3 is 2.58 bits per heavy atom. The zero-order valence-electron chi connectivity index (χ0n) is 23.9. The summed E-state index contributed by atoms with van der Waals surface area (Å²) in [6.07, 6.45) is 1.87. The van der Waals surface area contributed by atoms with E-state index in [-0.39, 0.29) is 29.8 Å². The summed E-state index contributed by atoms with van der Waals surface area (Å²) >= 11 is 7.47. The maximum Gasteiger partial charge on any atom is 0.287 e. The molecule has 1 aliphatic rings. The van der Waals surface area contributed by atoms with E-state index >= 15 is 0 Å². The Morgan fingerprint density at radius 1 is 1.07 bits per heavy atom. The first-order valence-corrected chi connectivity index (χ1v) is 15.2. The van der Waals surface area contributed by atoms with Crippen LogP contribution in [0, 0.1) is 5.82 Å². The van der Waals surface area contributed by atoms with Crippen LogP contribution in [-0.2, 0) is 11.3 Å². The molecule has 2 amide bonds. The molecule has 228 valence electrons. The van der Waals surface area contributed by atoms with E-state index in [1.54, 1.807) is 54.1 Å². The molecule has 1 atom stereocenters. The van der Waals surface area contributed by atoms with E-state index in [4.69, 9.17) is 25.9 Å². The zero-order valence-corrected chi connectivity index (χ0v) is 25.5. The van der Waals surface area contributed by atoms with Gasteiger partial charge in [0, 0.05) is 11.4 Å². The molecule has 0 saturated carbocycles. The van der Waals surface area contributed by atoms with Crippen LogP contribution in [0.3, 0.4) is 0 Å². The summed E-state index contributed by atoms with van der Waals surface area (Å²) in [4.78, 5) is 26.3. The molecule has 0 bridgehead atoms. The molecule has 6 rings (SSSR count). The lowest BCUT2D eigenvalue weighted by Gasteiger charge is -2.22. The number of methoxy groups -OCH3 is 1. The van der Waals surface area contributed by atoms with Crippen molar-refractivity contribution in [3.63, 3.8) is 0 Å². The molecule has 2 aromatic heterocycles. The number of hydrazone groups is 1. The number of hydrogen-bond acceptors (Lipinski definition) is 8. The average Bonchev–Trinajstić information content (AvgIpc) is 3.83. The van der Waals surface area contributed by atoms with Gasteiger partial charge in [0.05, 0.1) is 43.1 Å². The highest BCUT2D eigenvalue weighted by Gasteiger charge is 2.33. The summed E-state index contributed by atoms with van der Waals surface area (Å²) < 4.78 is 25.9. The number of aromatic nitrogens is 3. The Morgan fingerprint density at radius 2 is 1.87 bits per heavy atom. The minimum Gasteiger partial charge on any atom is -0.497 e. The minimum atomic E-state index is -0.422. The van der Waals surface area contributed by atoms with Crippen molar-refractivity contribution < 1.29 is 23.1 Å². The SMILES string of the molecule is COc1ccc(C2=NN(C(=O)CSc3nnc(CNC(=O)c4ccco4)n3-c3cccc(Cl)c3)C(c3ccc(F)cc3)C2)cc1. The quantitative estimate of drug-likeness (QED) is 0.184. The average molecular weight is 645 g/mol. The Bertz CT molecular complexity index is 1840. The molecule has 10 nitrogen and oxygen atoms in total. The molecule has 0 saturated heterocycles. The first-order valence-electron chi connectivity index (χ1n) is 13.8. The molecular weight excluding hydrogens is 619 g/mol. The van der Waals surface area contributed by atoms with E-state index in [1.807, 2.05) is 30.3 Å². The second kappa shape index (κ2) is 13.4. The zero-order chi connectivity index (χ0) is 31.3. The predicted molar refractivity (Wildman–Crippen MR) is 167 cm³/mol. The molecule has 0 spiro atoms. The van der Waals surface area contributed by atoms with E-state index in [9.17, 15) is 14.0 Å². The van der Waals surface area contributed by atoms with Gasteiger partial charge in [0.1, 0.15) is 11.6 Å². The van der Waals surface area contributed by atoms with Crippen LogP contribution in [0.5, 0.6) is 5.75 Å². The Labute approximate surface area is 266 Å². The molecule has 5 aromatic rings. The summed E-state index contributed by atoms with van der Waals surface area (Å²) in [7, 11) is 1.60. The van der Waals surface area contributed by atoms with E-state index in [0.29, 0.717) is 33.9 Å². The number of ether oxygens (including phenoxy) is 1. The number of furan rings is 1. The smallest absolute Gasteiger partial charge is 0.287 e. The standard InChI is InChI=1S/C32H26ClFN6O4S/c1-43-25-13-9-20(10-14-25)26-17-27(21-7-11-23(34)12-8-21)40(38-26)30(41)19-45-32-37-36-29(18-35-31(42)28-6-3-15-44-28)39(32)24-5-2-4-22(33)16-24/h2-16,27H,17-19H2,1H3,(H,35,42). The number of amides is 2. The topological polar surface area (TPSA) is 115 Å². The summed E-state index contributed by atoms with van der Waals surface area (Å²) in [6.45, 7) is 0.0435. The van der Waals surface area contributed by atoms with Crippen molar-refractivity contribution in [2.75, 3.05) is 12.9 Å². The van der Waals surface area contributed by atoms with Crippen molar-refractivity contribution in [2.45, 2.75) is 24.2 Å². The number of halogens is 2. The summed E-state index contributed by atoms with van der Waals surface area (Å²) in [6, 6.07) is 23.4. The Hall–Kier alpha value is -4.94. The van der Waals surface area contributed by atoms with E-state index in [2.05, 4.69) is 15.5 Å². The van der Waals surface area contributed by atoms with Gasteiger partial charge in [0.2, 0.25) is 0 Å². The summed E-state index contributed by atoms with van der Waals surface area (Å²) in [5.41, 5.74) is 3.00. The second-order valence-electron chi connectivity index (χ2n) is 9.95. The lowest BCUT2D eigenvalue weighted by Crippen LogP contribution is -2.28. The Kier molecular flexibility index (Phi) is 8.94. The lowest BCUT2D eigenvalue weighted by atomic mass is 9.98. The van der Waals surface area contributed by atoms with Crippen molar-refractivity contribution >= 4 is 40.9 Å². The van der Waals surface area contributed by atoms with Crippen LogP contribution in [0.4, 0.5) is 4.39 Å². The number of nitrogens with one attached hydrogen (secondary N) is 1. The fourth-order valence-corrected chi connectivity index (χ4v) is 5.88. The highest BCUT2D eigenvalue weighted by molar-refractivity contribution is 7.99. The van der Waals surface area contributed by atoms with Crippen LogP contribution in [0.1, 0.15) is 40.0 Å².